The number of ketones is 2. The summed E-state index contributed by atoms with van der Waals surface area (Å²) in [5, 5.41) is 13.5. The summed E-state index contributed by atoms with van der Waals surface area (Å²) in [4.78, 5) is 40.9. The quantitative estimate of drug-likeness (QED) is 0.593. The zero-order valence-electron chi connectivity index (χ0n) is 16.9. The highest BCUT2D eigenvalue weighted by atomic mass is 16.3. The first-order valence-corrected chi connectivity index (χ1v) is 10.3. The summed E-state index contributed by atoms with van der Waals surface area (Å²) < 4.78 is 0. The van der Waals surface area contributed by atoms with Crippen LogP contribution in [0, 0.1) is 5.92 Å². The maximum Gasteiger partial charge on any atom is 0.254 e. The summed E-state index contributed by atoms with van der Waals surface area (Å²) in [5.41, 5.74) is 1.21. The van der Waals surface area contributed by atoms with Gasteiger partial charge in [0.15, 0.2) is 11.6 Å². The molecule has 3 unspecified atom stereocenters. The first-order chi connectivity index (χ1) is 15.1. The van der Waals surface area contributed by atoms with Crippen LogP contribution < -0.4 is 0 Å². The maximum absolute atomic E-state index is 13.5. The van der Waals surface area contributed by atoms with Crippen molar-refractivity contribution in [2.24, 2.45) is 5.92 Å². The highest BCUT2D eigenvalue weighted by molar-refractivity contribution is 6.06. The molecule has 1 heterocycles. The number of Topliss-reactive ketones (excluding diaryl/α,β-unsaturated/α-hetero) is 2. The van der Waals surface area contributed by atoms with Crippen LogP contribution in [0.3, 0.4) is 0 Å². The molecule has 1 aliphatic rings. The Bertz CT molecular complexity index is 1070. The lowest BCUT2D eigenvalue weighted by Gasteiger charge is -2.40. The van der Waals surface area contributed by atoms with Crippen LogP contribution in [0.25, 0.3) is 0 Å². The van der Waals surface area contributed by atoms with Gasteiger partial charge in [0, 0.05) is 23.2 Å². The highest BCUT2D eigenvalue weighted by Crippen LogP contribution is 2.30. The van der Waals surface area contributed by atoms with Crippen molar-refractivity contribution in [3.63, 3.8) is 0 Å². The van der Waals surface area contributed by atoms with Gasteiger partial charge in [-0.05, 0) is 18.6 Å². The summed E-state index contributed by atoms with van der Waals surface area (Å²) in [7, 11) is 0. The van der Waals surface area contributed by atoms with E-state index in [9.17, 15) is 19.5 Å². The minimum absolute atomic E-state index is 0.166. The average molecular weight is 412 g/mol. The maximum atomic E-state index is 13.5. The van der Waals surface area contributed by atoms with Gasteiger partial charge in [0.2, 0.25) is 0 Å². The van der Waals surface area contributed by atoms with Crippen molar-refractivity contribution in [2.75, 3.05) is 6.54 Å². The Labute approximate surface area is 180 Å². The third-order valence-corrected chi connectivity index (χ3v) is 5.73. The molecule has 4 rings (SSSR count). The van der Waals surface area contributed by atoms with E-state index in [4.69, 9.17) is 0 Å². The fourth-order valence-corrected chi connectivity index (χ4v) is 4.11. The second-order valence-corrected chi connectivity index (χ2v) is 7.63. The van der Waals surface area contributed by atoms with Crippen molar-refractivity contribution in [3.8, 4) is 0 Å². The van der Waals surface area contributed by atoms with Crippen LogP contribution in [0.1, 0.15) is 37.5 Å². The molecule has 3 atom stereocenters. The van der Waals surface area contributed by atoms with Gasteiger partial charge in [-0.25, -0.2) is 5.11 Å². The van der Waals surface area contributed by atoms with Crippen LogP contribution in [-0.2, 0) is 5.11 Å². The number of likely N-dealkylation sites (tertiary alicyclic amines) is 1. The number of nitrogens with zero attached hydrogens (tertiary/aromatic N) is 1. The minimum Gasteiger partial charge on any atom is -0.325 e. The van der Waals surface area contributed by atoms with Crippen molar-refractivity contribution in [1.29, 1.82) is 0 Å². The van der Waals surface area contributed by atoms with Crippen molar-refractivity contribution < 1.29 is 19.5 Å². The lowest BCUT2D eigenvalue weighted by atomic mass is 9.79. The van der Waals surface area contributed by atoms with E-state index in [-0.39, 0.29) is 24.7 Å². The summed E-state index contributed by atoms with van der Waals surface area (Å²) in [6, 6.07) is 24.4. The SMILES string of the molecule is [O]C1C(C(=O)c2ccccc2)CCN(C(=O)c2ccccc2)C1C(=O)c1ccccc1. The summed E-state index contributed by atoms with van der Waals surface area (Å²) in [6.45, 7) is 0.166. The Kier molecular flexibility index (Phi) is 6.05. The van der Waals surface area contributed by atoms with Crippen molar-refractivity contribution in [2.45, 2.75) is 18.6 Å². The largest absolute Gasteiger partial charge is 0.325 e. The third kappa shape index (κ3) is 4.18. The van der Waals surface area contributed by atoms with Crippen LogP contribution in [0.5, 0.6) is 0 Å². The molecule has 1 amide bonds. The number of piperidine rings is 1. The molecule has 1 aliphatic heterocycles. The van der Waals surface area contributed by atoms with Crippen LogP contribution in [-0.4, -0.2) is 41.1 Å². The number of amides is 1. The Hall–Kier alpha value is -3.57. The van der Waals surface area contributed by atoms with Crippen molar-refractivity contribution in [3.05, 3.63) is 108 Å². The lowest BCUT2D eigenvalue weighted by molar-refractivity contribution is -0.0406. The number of rotatable bonds is 5. The van der Waals surface area contributed by atoms with Gasteiger partial charge in [-0.2, -0.15) is 0 Å². The molecule has 0 aromatic heterocycles. The molecule has 0 spiro atoms. The first kappa shape index (κ1) is 20.7. The standard InChI is InChI=1S/C26H22NO4/c28-23(18-10-4-1-5-11-18)21-16-17-27(26(31)20-14-8-3-9-15-20)22(25(21)30)24(29)19-12-6-2-7-13-19/h1-15,21-22,25H,16-17H2. The Morgan fingerprint density at radius 3 is 1.61 bits per heavy atom. The van der Waals surface area contributed by atoms with Gasteiger partial charge in [-0.3, -0.25) is 14.4 Å². The molecule has 0 saturated carbocycles. The van der Waals surface area contributed by atoms with E-state index in [1.807, 2.05) is 0 Å². The molecule has 5 nitrogen and oxygen atoms in total. The molecule has 155 valence electrons. The fraction of sp³-hybridized carbons (Fsp3) is 0.192. The van der Waals surface area contributed by atoms with Crippen LogP contribution in [0.2, 0.25) is 0 Å². The normalized spacial score (nSPS) is 20.8. The van der Waals surface area contributed by atoms with Gasteiger partial charge in [0.05, 0.1) is 5.92 Å². The van der Waals surface area contributed by atoms with Crippen molar-refractivity contribution >= 4 is 17.5 Å². The molecule has 0 N–H and O–H groups in total. The Balaban J connectivity index is 1.69. The fourth-order valence-electron chi connectivity index (χ4n) is 4.11. The van der Waals surface area contributed by atoms with E-state index in [2.05, 4.69) is 0 Å². The lowest BCUT2D eigenvalue weighted by Crippen LogP contribution is -2.59. The first-order valence-electron chi connectivity index (χ1n) is 10.3. The van der Waals surface area contributed by atoms with E-state index in [1.165, 1.54) is 4.90 Å². The van der Waals surface area contributed by atoms with Crippen LogP contribution in [0.4, 0.5) is 0 Å². The Morgan fingerprint density at radius 1 is 0.645 bits per heavy atom. The Morgan fingerprint density at radius 2 is 1.10 bits per heavy atom. The predicted octanol–water partition coefficient (Wildman–Crippen LogP) is 4.08. The summed E-state index contributed by atoms with van der Waals surface area (Å²) >= 11 is 0. The van der Waals surface area contributed by atoms with Crippen LogP contribution >= 0.6 is 0 Å². The third-order valence-electron chi connectivity index (χ3n) is 5.73. The van der Waals surface area contributed by atoms with Crippen LogP contribution in [0.15, 0.2) is 91.0 Å². The second-order valence-electron chi connectivity index (χ2n) is 7.63. The van der Waals surface area contributed by atoms with Gasteiger partial charge < -0.3 is 4.90 Å². The van der Waals surface area contributed by atoms with Gasteiger partial charge in [-0.1, -0.05) is 78.9 Å². The zero-order chi connectivity index (χ0) is 21.8. The smallest absolute Gasteiger partial charge is 0.254 e. The van der Waals surface area contributed by atoms with Gasteiger partial charge in [0.1, 0.15) is 12.1 Å². The molecular weight excluding hydrogens is 390 g/mol. The molecule has 0 aliphatic carbocycles. The topological polar surface area (TPSA) is 74.3 Å². The molecule has 3 aromatic rings. The molecule has 3 aromatic carbocycles. The predicted molar refractivity (Wildman–Crippen MR) is 115 cm³/mol. The summed E-state index contributed by atoms with van der Waals surface area (Å²) in [6.07, 6.45) is -1.33. The average Bonchev–Trinajstić information content (AvgIpc) is 2.84. The molecule has 5 heteroatoms. The van der Waals surface area contributed by atoms with Gasteiger partial charge in [-0.15, -0.1) is 0 Å². The number of carbonyl (C=O) groups excluding carboxylic acids is 3. The molecule has 1 radical (unpaired) electrons. The van der Waals surface area contributed by atoms with Crippen molar-refractivity contribution in [1.82, 2.24) is 4.90 Å². The monoisotopic (exact) mass is 412 g/mol. The van der Waals surface area contributed by atoms with E-state index in [0.29, 0.717) is 16.7 Å². The minimum atomic E-state index is -1.55. The molecule has 1 fully saturated rings. The van der Waals surface area contributed by atoms with E-state index < -0.39 is 23.8 Å². The number of carbonyl (C=O) groups is 3. The molecule has 0 bridgehead atoms. The second kappa shape index (κ2) is 9.06. The molecular formula is C26H22NO4. The highest BCUT2D eigenvalue weighted by Gasteiger charge is 2.47. The molecule has 1 saturated heterocycles. The van der Waals surface area contributed by atoms with Gasteiger partial charge >= 0.3 is 0 Å². The zero-order valence-corrected chi connectivity index (χ0v) is 16.9. The van der Waals surface area contributed by atoms with Gasteiger partial charge in [0.25, 0.3) is 5.91 Å². The number of hydrogen-bond donors (Lipinski definition) is 0. The van der Waals surface area contributed by atoms with E-state index in [0.717, 1.165) is 0 Å². The van der Waals surface area contributed by atoms with E-state index >= 15 is 0 Å². The number of hydrogen-bond acceptors (Lipinski definition) is 3. The van der Waals surface area contributed by atoms with E-state index in [1.54, 1.807) is 91.0 Å². The summed E-state index contributed by atoms with van der Waals surface area (Å²) in [5.74, 6) is -1.96. The molecule has 31 heavy (non-hydrogen) atoms. The number of benzene rings is 3.